The average molecular weight is 611 g/mol. The van der Waals surface area contributed by atoms with Crippen LogP contribution in [-0.2, 0) is 16.2 Å². The molecule has 1 saturated carbocycles. The fourth-order valence-electron chi connectivity index (χ4n) is 4.77. The van der Waals surface area contributed by atoms with Crippen LogP contribution in [-0.4, -0.2) is 35.4 Å². The van der Waals surface area contributed by atoms with Crippen LogP contribution >= 0.6 is 0 Å². The zero-order chi connectivity index (χ0) is 31.0. The Morgan fingerprint density at radius 1 is 1.21 bits per heavy atom. The van der Waals surface area contributed by atoms with Gasteiger partial charge in [0.2, 0.25) is 10.0 Å². The number of nitrogens with two attached hydrogens (primary N) is 1. The Balaban J connectivity index is 1.44. The molecular formula is C30H29F3N6O3S. The van der Waals surface area contributed by atoms with Gasteiger partial charge >= 0.3 is 6.18 Å². The molecule has 0 saturated heterocycles. The summed E-state index contributed by atoms with van der Waals surface area (Å²) in [6, 6.07) is 14.9. The molecule has 1 amide bonds. The van der Waals surface area contributed by atoms with Gasteiger partial charge in [0.25, 0.3) is 5.91 Å². The molecule has 3 aromatic rings. The first kappa shape index (κ1) is 30.2. The number of nitriles is 1. The van der Waals surface area contributed by atoms with Crippen molar-refractivity contribution in [3.05, 3.63) is 101 Å². The van der Waals surface area contributed by atoms with Crippen LogP contribution in [0.25, 0.3) is 5.69 Å². The van der Waals surface area contributed by atoms with Crippen molar-refractivity contribution in [2.24, 2.45) is 11.1 Å². The van der Waals surface area contributed by atoms with Crippen molar-refractivity contribution in [1.82, 2.24) is 15.1 Å². The summed E-state index contributed by atoms with van der Waals surface area (Å²) in [7, 11) is -3.83. The third-order valence-corrected chi connectivity index (χ3v) is 9.20. The second kappa shape index (κ2) is 11.4. The lowest BCUT2D eigenvalue weighted by molar-refractivity contribution is -0.141. The highest BCUT2D eigenvalue weighted by atomic mass is 32.2. The maximum atomic E-state index is 13.6. The summed E-state index contributed by atoms with van der Waals surface area (Å²) in [5, 5.41) is 24.5. The summed E-state index contributed by atoms with van der Waals surface area (Å²) >= 11 is 0. The highest BCUT2D eigenvalue weighted by molar-refractivity contribution is 7.90. The number of sulfonamides is 1. The largest absolute Gasteiger partial charge is 0.435 e. The molecule has 2 aliphatic rings. The quantitative estimate of drug-likeness (QED) is 0.312. The first-order valence-corrected chi connectivity index (χ1v) is 15.1. The maximum absolute atomic E-state index is 13.6. The van der Waals surface area contributed by atoms with Crippen LogP contribution < -0.4 is 15.8 Å². The fourth-order valence-corrected chi connectivity index (χ4v) is 5.34. The van der Waals surface area contributed by atoms with E-state index in [-0.39, 0.29) is 29.4 Å². The van der Waals surface area contributed by atoms with Crippen LogP contribution in [0.1, 0.15) is 59.5 Å². The van der Waals surface area contributed by atoms with E-state index in [0.717, 1.165) is 35.2 Å². The highest BCUT2D eigenvalue weighted by Crippen LogP contribution is 2.35. The fraction of sp³-hybridized carbons (Fsp3) is 0.300. The first-order valence-electron chi connectivity index (χ1n) is 13.5. The predicted octanol–water partition coefficient (Wildman–Crippen LogP) is 4.99. The van der Waals surface area contributed by atoms with Gasteiger partial charge in [-0.05, 0) is 80.1 Å². The molecule has 4 N–H and O–H groups in total. The minimum Gasteiger partial charge on any atom is -0.321 e. The number of rotatable bonds is 9. The van der Waals surface area contributed by atoms with Gasteiger partial charge < -0.3 is 10.6 Å². The second-order valence-electron chi connectivity index (χ2n) is 10.9. The van der Waals surface area contributed by atoms with Crippen molar-refractivity contribution in [2.75, 3.05) is 11.9 Å². The number of halogens is 3. The number of carbonyl (C=O) groups is 1. The number of amides is 1. The predicted molar refractivity (Wildman–Crippen MR) is 154 cm³/mol. The lowest BCUT2D eigenvalue weighted by atomic mass is 9.90. The molecule has 2 atom stereocenters. The zero-order valence-corrected chi connectivity index (χ0v) is 23.9. The van der Waals surface area contributed by atoms with Crippen LogP contribution in [0.2, 0.25) is 0 Å². The van der Waals surface area contributed by atoms with E-state index in [9.17, 15) is 31.6 Å². The average Bonchev–Trinajstić information content (AvgIpc) is 3.67. The van der Waals surface area contributed by atoms with E-state index in [2.05, 4.69) is 15.7 Å². The number of hydrogen-bond donors (Lipinski definition) is 3. The van der Waals surface area contributed by atoms with Crippen molar-refractivity contribution < 1.29 is 26.4 Å². The Morgan fingerprint density at radius 2 is 1.95 bits per heavy atom. The zero-order valence-electron chi connectivity index (χ0n) is 23.1. The van der Waals surface area contributed by atoms with E-state index in [1.165, 1.54) is 24.3 Å². The van der Waals surface area contributed by atoms with Crippen molar-refractivity contribution in [3.63, 3.8) is 0 Å². The minimum atomic E-state index is -4.80. The van der Waals surface area contributed by atoms with E-state index in [1.54, 1.807) is 37.3 Å². The summed E-state index contributed by atoms with van der Waals surface area (Å²) in [5.41, 5.74) is 0.635. The molecule has 0 radical (unpaired) electrons. The molecular weight excluding hydrogens is 581 g/mol. The Kier molecular flexibility index (Phi) is 8.04. The van der Waals surface area contributed by atoms with Crippen LogP contribution in [0.5, 0.6) is 0 Å². The molecule has 0 spiro atoms. The number of primary sulfonamides is 1. The minimum absolute atomic E-state index is 0.125. The number of benzene rings is 2. The number of nitrogens with one attached hydrogen (secondary N) is 2. The molecule has 13 heteroatoms. The lowest BCUT2D eigenvalue weighted by Gasteiger charge is -2.29. The molecule has 43 heavy (non-hydrogen) atoms. The van der Waals surface area contributed by atoms with E-state index in [0.29, 0.717) is 17.7 Å². The number of aromatic nitrogens is 2. The summed E-state index contributed by atoms with van der Waals surface area (Å²) in [6.45, 7) is 2.29. The van der Waals surface area contributed by atoms with Crippen molar-refractivity contribution in [1.29, 1.82) is 5.26 Å². The molecule has 2 aromatic carbocycles. The van der Waals surface area contributed by atoms with Crippen LogP contribution in [0.15, 0.2) is 78.4 Å². The van der Waals surface area contributed by atoms with E-state index in [1.807, 2.05) is 18.2 Å². The number of carbonyl (C=O) groups excluding carboxylic acids is 1. The van der Waals surface area contributed by atoms with Gasteiger partial charge in [-0.2, -0.15) is 23.5 Å². The molecule has 5 rings (SSSR count). The van der Waals surface area contributed by atoms with Gasteiger partial charge in [-0.15, -0.1) is 0 Å². The van der Waals surface area contributed by atoms with Gasteiger partial charge in [-0.25, -0.2) is 18.2 Å². The molecule has 224 valence electrons. The smallest absolute Gasteiger partial charge is 0.321 e. The van der Waals surface area contributed by atoms with Gasteiger partial charge in [0.15, 0.2) is 5.69 Å². The van der Waals surface area contributed by atoms with Crippen molar-refractivity contribution >= 4 is 21.6 Å². The van der Waals surface area contributed by atoms with E-state index in [4.69, 9.17) is 5.14 Å². The third-order valence-electron chi connectivity index (χ3n) is 7.59. The third kappa shape index (κ3) is 6.72. The molecule has 1 heterocycles. The normalized spacial score (nSPS) is 19.4. The monoisotopic (exact) mass is 610 g/mol. The summed E-state index contributed by atoms with van der Waals surface area (Å²) in [5.74, 6) is -0.290. The van der Waals surface area contributed by atoms with Crippen LogP contribution in [0, 0.1) is 17.2 Å². The molecule has 1 fully saturated rings. The SMILES string of the molecule is CC1(S(N)(=O)=O)C=CC(C(NCC2CC2)c2cccc(NC(=O)c3cc(C(F)(F)F)nn3-c3cccc(C#N)c3)c2)=CC1. The number of hydrogen-bond acceptors (Lipinski definition) is 6. The van der Waals surface area contributed by atoms with Gasteiger partial charge in [0, 0.05) is 11.8 Å². The van der Waals surface area contributed by atoms with Crippen LogP contribution in [0.4, 0.5) is 18.9 Å². The molecule has 9 nitrogen and oxygen atoms in total. The summed E-state index contributed by atoms with van der Waals surface area (Å²) in [6.07, 6.45) is 2.75. The Bertz CT molecular complexity index is 1770. The van der Waals surface area contributed by atoms with Crippen molar-refractivity contribution in [3.8, 4) is 11.8 Å². The molecule has 0 bridgehead atoms. The second-order valence-corrected chi connectivity index (χ2v) is 13.0. The molecule has 2 aliphatic carbocycles. The summed E-state index contributed by atoms with van der Waals surface area (Å²) in [4.78, 5) is 13.4. The lowest BCUT2D eigenvalue weighted by Crippen LogP contribution is -2.40. The number of nitrogens with zero attached hydrogens (tertiary/aromatic N) is 3. The van der Waals surface area contributed by atoms with Gasteiger partial charge in [-0.3, -0.25) is 4.79 Å². The van der Waals surface area contributed by atoms with Crippen molar-refractivity contribution in [2.45, 2.75) is 43.2 Å². The number of allylic oxidation sites excluding steroid dienone is 1. The van der Waals surface area contributed by atoms with Crippen LogP contribution in [0.3, 0.4) is 0 Å². The topological polar surface area (TPSA) is 143 Å². The molecule has 2 unspecified atom stereocenters. The van der Waals surface area contributed by atoms with Gasteiger partial charge in [-0.1, -0.05) is 36.4 Å². The van der Waals surface area contributed by atoms with E-state index >= 15 is 0 Å². The molecule has 0 aliphatic heterocycles. The first-order chi connectivity index (χ1) is 20.3. The van der Waals surface area contributed by atoms with Gasteiger partial charge in [0.05, 0.1) is 23.4 Å². The van der Waals surface area contributed by atoms with Gasteiger partial charge in [0.1, 0.15) is 10.4 Å². The maximum Gasteiger partial charge on any atom is 0.435 e. The number of alkyl halides is 3. The Morgan fingerprint density at radius 3 is 2.58 bits per heavy atom. The highest BCUT2D eigenvalue weighted by Gasteiger charge is 2.37. The Labute approximate surface area is 246 Å². The van der Waals surface area contributed by atoms with E-state index < -0.39 is 32.5 Å². The number of anilines is 1. The standard InChI is InChI=1S/C30H29F3N6O3S/c1-29(43(35,41)42)12-10-21(11-13-29)27(36-18-19-8-9-19)22-5-3-6-23(15-22)37-28(40)25-16-26(30(31,32)33)38-39(25)24-7-2-4-20(14-24)17-34/h2-7,10-12,14-16,19,27,36H,8-9,13,18H2,1H3,(H,37,40)(H2,35,41,42). The molecule has 1 aromatic heterocycles. The Hall–Kier alpha value is -4.25. The summed E-state index contributed by atoms with van der Waals surface area (Å²) < 4.78 is 64.6.